The van der Waals surface area contributed by atoms with E-state index < -0.39 is 5.97 Å². The van der Waals surface area contributed by atoms with E-state index in [1.54, 1.807) is 18.2 Å². The Morgan fingerprint density at radius 3 is 2.87 bits per heavy atom. The quantitative estimate of drug-likeness (QED) is 0.696. The monoisotopic (exact) mass is 199 g/mol. The fraction of sp³-hybridized carbons (Fsp3) is 0.0909. The van der Waals surface area contributed by atoms with Crippen molar-refractivity contribution in [1.29, 1.82) is 5.26 Å². The van der Waals surface area contributed by atoms with Crippen molar-refractivity contribution in [2.45, 2.75) is 6.54 Å². The van der Waals surface area contributed by atoms with Gasteiger partial charge < -0.3 is 14.5 Å². The van der Waals surface area contributed by atoms with Gasteiger partial charge in [-0.2, -0.15) is 5.26 Å². The summed E-state index contributed by atoms with van der Waals surface area (Å²) >= 11 is 0. The summed E-state index contributed by atoms with van der Waals surface area (Å²) in [4.78, 5) is 10.5. The summed E-state index contributed by atoms with van der Waals surface area (Å²) in [5, 5.41) is 20.1. The highest BCUT2D eigenvalue weighted by atomic mass is 16.4. The van der Waals surface area contributed by atoms with Gasteiger partial charge >= 0.3 is 0 Å². The third-order valence-electron chi connectivity index (χ3n) is 2.21. The molecule has 0 atom stereocenters. The number of aliphatic carboxylic acids is 1. The van der Waals surface area contributed by atoms with E-state index in [4.69, 9.17) is 5.26 Å². The smallest absolute Gasteiger partial charge is 0.101 e. The molecule has 4 heteroatoms. The molecule has 1 aromatic heterocycles. The number of nitrogens with zero attached hydrogens (tertiary/aromatic N) is 2. The predicted octanol–water partition coefficient (Wildman–Crippen LogP) is 0.263. The Balaban J connectivity index is 2.66. The highest BCUT2D eigenvalue weighted by molar-refractivity contribution is 5.87. The molecule has 0 N–H and O–H groups in total. The lowest BCUT2D eigenvalue weighted by atomic mass is 10.2. The lowest BCUT2D eigenvalue weighted by Crippen LogP contribution is -2.27. The summed E-state index contributed by atoms with van der Waals surface area (Å²) in [5.41, 5.74) is 1.21. The molecule has 0 saturated carbocycles. The van der Waals surface area contributed by atoms with Crippen molar-refractivity contribution >= 4 is 16.9 Å². The standard InChI is InChI=1S/C11H8N2O2/c12-5-8-6-13(7-11(14)15)10-4-2-1-3-9(8)10/h1-4,6H,7H2,(H,14,15)/p-1. The van der Waals surface area contributed by atoms with Crippen LogP contribution in [0, 0.1) is 11.3 Å². The second-order valence-electron chi connectivity index (χ2n) is 3.17. The number of carbonyl (C=O) groups excluding carboxylic acids is 1. The normalized spacial score (nSPS) is 10.1. The number of nitriles is 1. The summed E-state index contributed by atoms with van der Waals surface area (Å²) in [7, 11) is 0. The van der Waals surface area contributed by atoms with Crippen LogP contribution in [0.1, 0.15) is 5.56 Å². The number of carboxylic acids is 1. The van der Waals surface area contributed by atoms with Crippen molar-refractivity contribution < 1.29 is 9.90 Å². The van der Waals surface area contributed by atoms with E-state index in [0.29, 0.717) is 5.56 Å². The second-order valence-corrected chi connectivity index (χ2v) is 3.17. The topological polar surface area (TPSA) is 68.8 Å². The Kier molecular flexibility index (Phi) is 2.14. The summed E-state index contributed by atoms with van der Waals surface area (Å²) in [6.45, 7) is -0.234. The molecule has 0 aliphatic carbocycles. The largest absolute Gasteiger partial charge is 0.548 e. The summed E-state index contributed by atoms with van der Waals surface area (Å²) in [6, 6.07) is 9.21. The zero-order valence-corrected chi connectivity index (χ0v) is 7.80. The number of hydrogen-bond acceptors (Lipinski definition) is 3. The summed E-state index contributed by atoms with van der Waals surface area (Å²) < 4.78 is 1.50. The lowest BCUT2D eigenvalue weighted by molar-refractivity contribution is -0.306. The molecule has 0 bridgehead atoms. The van der Waals surface area contributed by atoms with Crippen LogP contribution in [0.3, 0.4) is 0 Å². The van der Waals surface area contributed by atoms with Crippen LogP contribution in [-0.4, -0.2) is 10.5 Å². The fourth-order valence-electron chi connectivity index (χ4n) is 1.61. The molecule has 1 heterocycles. The van der Waals surface area contributed by atoms with E-state index in [9.17, 15) is 9.90 Å². The van der Waals surface area contributed by atoms with Crippen LogP contribution < -0.4 is 5.11 Å². The Bertz CT molecular complexity index is 563. The van der Waals surface area contributed by atoms with Gasteiger partial charge in [0.1, 0.15) is 6.07 Å². The van der Waals surface area contributed by atoms with E-state index in [2.05, 4.69) is 0 Å². The number of aromatic nitrogens is 1. The van der Waals surface area contributed by atoms with Gasteiger partial charge in [0.15, 0.2) is 0 Å². The first-order valence-electron chi connectivity index (χ1n) is 4.40. The molecule has 4 nitrogen and oxygen atoms in total. The molecular weight excluding hydrogens is 192 g/mol. The van der Waals surface area contributed by atoms with Gasteiger partial charge in [0.05, 0.1) is 18.1 Å². The molecular formula is C11H7N2O2-. The average molecular weight is 199 g/mol. The third kappa shape index (κ3) is 1.55. The van der Waals surface area contributed by atoms with E-state index in [1.807, 2.05) is 12.1 Å². The van der Waals surface area contributed by atoms with Crippen molar-refractivity contribution in [3.8, 4) is 6.07 Å². The maximum Gasteiger partial charge on any atom is 0.101 e. The van der Waals surface area contributed by atoms with Gasteiger partial charge in [-0.05, 0) is 6.07 Å². The minimum Gasteiger partial charge on any atom is -0.548 e. The first-order chi connectivity index (χ1) is 7.22. The molecule has 0 radical (unpaired) electrons. The molecule has 74 valence electrons. The third-order valence-corrected chi connectivity index (χ3v) is 2.21. The molecule has 0 saturated heterocycles. The molecule has 15 heavy (non-hydrogen) atoms. The van der Waals surface area contributed by atoms with Crippen molar-refractivity contribution in [1.82, 2.24) is 4.57 Å². The van der Waals surface area contributed by atoms with Crippen molar-refractivity contribution in [2.75, 3.05) is 0 Å². The fourth-order valence-corrected chi connectivity index (χ4v) is 1.61. The zero-order chi connectivity index (χ0) is 10.8. The second kappa shape index (κ2) is 3.46. The first kappa shape index (κ1) is 9.28. The number of hydrogen-bond donors (Lipinski definition) is 0. The van der Waals surface area contributed by atoms with Crippen molar-refractivity contribution in [3.63, 3.8) is 0 Å². The Hall–Kier alpha value is -2.28. The van der Waals surface area contributed by atoms with Gasteiger partial charge in [0.25, 0.3) is 0 Å². The lowest BCUT2D eigenvalue weighted by Gasteiger charge is -2.04. The molecule has 1 aromatic carbocycles. The molecule has 0 aliphatic rings. The van der Waals surface area contributed by atoms with Crippen LogP contribution in [-0.2, 0) is 11.3 Å². The number of para-hydroxylation sites is 1. The Morgan fingerprint density at radius 2 is 2.20 bits per heavy atom. The minimum absolute atomic E-state index is 0.234. The maximum atomic E-state index is 10.5. The molecule has 0 unspecified atom stereocenters. The van der Waals surface area contributed by atoms with E-state index >= 15 is 0 Å². The first-order valence-corrected chi connectivity index (χ1v) is 4.40. The molecule has 0 amide bonds. The van der Waals surface area contributed by atoms with Crippen LogP contribution in [0.15, 0.2) is 30.5 Å². The van der Waals surface area contributed by atoms with Gasteiger partial charge in [-0.15, -0.1) is 0 Å². The predicted molar refractivity (Wildman–Crippen MR) is 51.7 cm³/mol. The van der Waals surface area contributed by atoms with E-state index in [0.717, 1.165) is 10.9 Å². The van der Waals surface area contributed by atoms with Gasteiger partial charge in [0, 0.05) is 17.1 Å². The minimum atomic E-state index is -1.17. The number of fused-ring (bicyclic) bond motifs is 1. The summed E-state index contributed by atoms with van der Waals surface area (Å²) in [6.07, 6.45) is 1.53. The SMILES string of the molecule is N#Cc1cn(CC(=O)[O-])c2ccccc12. The van der Waals surface area contributed by atoms with Crippen molar-refractivity contribution in [3.05, 3.63) is 36.0 Å². The van der Waals surface area contributed by atoms with Crippen LogP contribution in [0.2, 0.25) is 0 Å². The Morgan fingerprint density at radius 1 is 1.47 bits per heavy atom. The zero-order valence-electron chi connectivity index (χ0n) is 7.80. The molecule has 2 rings (SSSR count). The van der Waals surface area contributed by atoms with Crippen molar-refractivity contribution in [2.24, 2.45) is 0 Å². The number of carbonyl (C=O) groups is 1. The van der Waals surface area contributed by atoms with E-state index in [1.165, 1.54) is 10.8 Å². The highest BCUT2D eigenvalue weighted by Crippen LogP contribution is 2.20. The van der Waals surface area contributed by atoms with E-state index in [-0.39, 0.29) is 6.54 Å². The van der Waals surface area contributed by atoms with Gasteiger partial charge in [-0.1, -0.05) is 18.2 Å². The van der Waals surface area contributed by atoms with Gasteiger partial charge in [-0.25, -0.2) is 0 Å². The van der Waals surface area contributed by atoms with Crippen LogP contribution in [0.4, 0.5) is 0 Å². The van der Waals surface area contributed by atoms with Crippen LogP contribution >= 0.6 is 0 Å². The molecule has 0 fully saturated rings. The number of benzene rings is 1. The van der Waals surface area contributed by atoms with Crippen LogP contribution in [0.25, 0.3) is 10.9 Å². The number of rotatable bonds is 2. The highest BCUT2D eigenvalue weighted by Gasteiger charge is 2.06. The summed E-state index contributed by atoms with van der Waals surface area (Å²) in [5.74, 6) is -1.17. The molecule has 0 spiro atoms. The molecule has 0 aliphatic heterocycles. The molecule has 2 aromatic rings. The van der Waals surface area contributed by atoms with Crippen LogP contribution in [0.5, 0.6) is 0 Å². The van der Waals surface area contributed by atoms with Gasteiger partial charge in [0.2, 0.25) is 0 Å². The number of carboxylic acid groups (broad SMARTS) is 1. The maximum absolute atomic E-state index is 10.5. The Labute approximate surface area is 86.0 Å². The van der Waals surface area contributed by atoms with Gasteiger partial charge in [-0.3, -0.25) is 0 Å². The average Bonchev–Trinajstić information content (AvgIpc) is 2.56.